The second-order valence-corrected chi connectivity index (χ2v) is 8.87. The fourth-order valence-electron chi connectivity index (χ4n) is 5.29. The minimum atomic E-state index is 1.18. The maximum atomic E-state index is 4.15. The average Bonchev–Trinajstić information content (AvgIpc) is 3.24. The first-order chi connectivity index (χ1) is 16.8. The van der Waals surface area contributed by atoms with Gasteiger partial charge in [0.05, 0.1) is 0 Å². The third kappa shape index (κ3) is 2.98. The van der Waals surface area contributed by atoms with Gasteiger partial charge in [-0.15, -0.1) is 0 Å². The van der Waals surface area contributed by atoms with E-state index in [0.717, 1.165) is 0 Å². The highest BCUT2D eigenvalue weighted by molar-refractivity contribution is 6.16. The number of hydrogen-bond donors (Lipinski definition) is 0. The number of pyridine rings is 1. The van der Waals surface area contributed by atoms with Gasteiger partial charge in [-0.3, -0.25) is 4.98 Å². The van der Waals surface area contributed by atoms with Gasteiger partial charge in [0, 0.05) is 12.4 Å². The quantitative estimate of drug-likeness (QED) is 0.272. The van der Waals surface area contributed by atoms with Crippen LogP contribution in [-0.2, 0) is 0 Å². The van der Waals surface area contributed by atoms with Gasteiger partial charge in [0.25, 0.3) is 0 Å². The van der Waals surface area contributed by atoms with Crippen LogP contribution in [-0.4, -0.2) is 4.98 Å². The highest BCUT2D eigenvalue weighted by Crippen LogP contribution is 2.48. The Labute approximate surface area is 199 Å². The molecule has 0 saturated carbocycles. The number of nitrogens with zero attached hydrogens (tertiary/aromatic N) is 1. The molecular weight excluding hydrogens is 410 g/mol. The van der Waals surface area contributed by atoms with Crippen molar-refractivity contribution >= 4 is 10.8 Å². The Morgan fingerprint density at radius 2 is 0.912 bits per heavy atom. The summed E-state index contributed by atoms with van der Waals surface area (Å²) in [4.78, 5) is 4.15. The zero-order chi connectivity index (χ0) is 22.5. The van der Waals surface area contributed by atoms with Crippen molar-refractivity contribution in [3.8, 4) is 55.6 Å². The van der Waals surface area contributed by atoms with Crippen LogP contribution >= 0.6 is 0 Å². The first-order valence-electron chi connectivity index (χ1n) is 11.6. The fourth-order valence-corrected chi connectivity index (χ4v) is 5.29. The molecule has 0 saturated heterocycles. The molecule has 6 aromatic rings. The van der Waals surface area contributed by atoms with Crippen molar-refractivity contribution in [2.24, 2.45) is 0 Å². The van der Waals surface area contributed by atoms with E-state index >= 15 is 0 Å². The van der Waals surface area contributed by atoms with Crippen molar-refractivity contribution in [3.05, 3.63) is 128 Å². The van der Waals surface area contributed by atoms with Crippen LogP contribution in [0.15, 0.2) is 128 Å². The van der Waals surface area contributed by atoms with Crippen LogP contribution in [0.2, 0.25) is 0 Å². The summed E-state index contributed by atoms with van der Waals surface area (Å²) in [6.45, 7) is 0. The van der Waals surface area contributed by atoms with E-state index in [1.807, 2.05) is 12.4 Å². The van der Waals surface area contributed by atoms with Gasteiger partial charge in [-0.25, -0.2) is 0 Å². The molecule has 34 heavy (non-hydrogen) atoms. The molecule has 1 aliphatic rings. The summed E-state index contributed by atoms with van der Waals surface area (Å²) in [6.07, 6.45) is 3.69. The van der Waals surface area contributed by atoms with Gasteiger partial charge in [-0.1, -0.05) is 78.9 Å². The molecule has 1 aliphatic carbocycles. The van der Waals surface area contributed by atoms with Crippen LogP contribution < -0.4 is 0 Å². The van der Waals surface area contributed by atoms with Crippen LogP contribution in [0.4, 0.5) is 0 Å². The van der Waals surface area contributed by atoms with Crippen LogP contribution in [0.3, 0.4) is 0 Å². The Balaban J connectivity index is 1.36. The molecule has 0 radical (unpaired) electrons. The van der Waals surface area contributed by atoms with Gasteiger partial charge in [0.2, 0.25) is 0 Å². The Kier molecular flexibility index (Phi) is 4.22. The SMILES string of the molecule is c1cc(-c2ccncc2)cc(-c2cccc(-c3cc4c5c(cccc5c3)-c3ccccc3-4)c2)c1. The van der Waals surface area contributed by atoms with E-state index in [1.54, 1.807) is 0 Å². The molecule has 1 heteroatoms. The molecule has 1 heterocycles. The van der Waals surface area contributed by atoms with Crippen molar-refractivity contribution < 1.29 is 0 Å². The highest BCUT2D eigenvalue weighted by atomic mass is 14.6. The first kappa shape index (κ1) is 19.0. The standard InChI is InChI=1S/C33H21N/c1-2-12-30-29(11-1)31-13-5-10-27-20-28(21-32(30)33(27)31)26-9-4-8-25(19-26)24-7-3-6-23(18-24)22-14-16-34-17-15-22/h1-21H. The van der Waals surface area contributed by atoms with Gasteiger partial charge >= 0.3 is 0 Å². The lowest BCUT2D eigenvalue weighted by atomic mass is 9.93. The minimum absolute atomic E-state index is 1.18. The van der Waals surface area contributed by atoms with Crippen molar-refractivity contribution in [3.63, 3.8) is 0 Å². The van der Waals surface area contributed by atoms with E-state index in [0.29, 0.717) is 0 Å². The summed E-state index contributed by atoms with van der Waals surface area (Å²) >= 11 is 0. The molecule has 0 atom stereocenters. The summed E-state index contributed by atoms with van der Waals surface area (Å²) in [5.41, 5.74) is 12.7. The summed E-state index contributed by atoms with van der Waals surface area (Å²) in [5.74, 6) is 0. The van der Waals surface area contributed by atoms with Gasteiger partial charge < -0.3 is 0 Å². The molecule has 0 aliphatic heterocycles. The van der Waals surface area contributed by atoms with E-state index < -0.39 is 0 Å². The van der Waals surface area contributed by atoms with Crippen molar-refractivity contribution in [2.45, 2.75) is 0 Å². The van der Waals surface area contributed by atoms with Crippen LogP contribution in [0.5, 0.6) is 0 Å². The molecule has 158 valence electrons. The predicted molar refractivity (Wildman–Crippen MR) is 142 cm³/mol. The van der Waals surface area contributed by atoms with Crippen molar-refractivity contribution in [2.75, 3.05) is 0 Å². The van der Waals surface area contributed by atoms with Crippen molar-refractivity contribution in [1.82, 2.24) is 4.98 Å². The number of hydrogen-bond acceptors (Lipinski definition) is 1. The molecule has 0 spiro atoms. The molecule has 0 N–H and O–H groups in total. The zero-order valence-corrected chi connectivity index (χ0v) is 18.6. The smallest absolute Gasteiger partial charge is 0.0273 e. The van der Waals surface area contributed by atoms with Crippen LogP contribution in [0, 0.1) is 0 Å². The van der Waals surface area contributed by atoms with Crippen LogP contribution in [0.1, 0.15) is 0 Å². The number of fused-ring (bicyclic) bond motifs is 3. The molecule has 0 amide bonds. The molecule has 0 unspecified atom stereocenters. The molecule has 5 aromatic carbocycles. The topological polar surface area (TPSA) is 12.9 Å². The zero-order valence-electron chi connectivity index (χ0n) is 18.6. The average molecular weight is 432 g/mol. The third-order valence-electron chi connectivity index (χ3n) is 6.89. The Morgan fingerprint density at radius 1 is 0.353 bits per heavy atom. The molecule has 7 rings (SSSR count). The van der Waals surface area contributed by atoms with Gasteiger partial charge in [0.15, 0.2) is 0 Å². The number of rotatable bonds is 3. The lowest BCUT2D eigenvalue weighted by Crippen LogP contribution is -1.85. The Bertz CT molecular complexity index is 1700. The minimum Gasteiger partial charge on any atom is -0.265 e. The molecule has 1 aromatic heterocycles. The fraction of sp³-hybridized carbons (Fsp3) is 0. The maximum absolute atomic E-state index is 4.15. The van der Waals surface area contributed by atoms with Gasteiger partial charge in [0.1, 0.15) is 0 Å². The second kappa shape index (κ2) is 7.54. The number of benzene rings is 5. The number of aromatic nitrogens is 1. The van der Waals surface area contributed by atoms with E-state index in [-0.39, 0.29) is 0 Å². The lowest BCUT2D eigenvalue weighted by Gasteiger charge is -2.11. The van der Waals surface area contributed by atoms with E-state index in [9.17, 15) is 0 Å². The van der Waals surface area contributed by atoms with Crippen LogP contribution in [0.25, 0.3) is 66.4 Å². The monoisotopic (exact) mass is 431 g/mol. The normalized spacial score (nSPS) is 11.5. The Hall–Kier alpha value is -4.49. The third-order valence-corrected chi connectivity index (χ3v) is 6.89. The van der Waals surface area contributed by atoms with E-state index in [1.165, 1.54) is 66.4 Å². The molecular formula is C33H21N. The highest BCUT2D eigenvalue weighted by Gasteiger charge is 2.21. The second-order valence-electron chi connectivity index (χ2n) is 8.87. The molecule has 1 nitrogen and oxygen atoms in total. The van der Waals surface area contributed by atoms with Gasteiger partial charge in [-0.05, 0) is 103 Å². The lowest BCUT2D eigenvalue weighted by molar-refractivity contribution is 1.33. The Morgan fingerprint density at radius 3 is 1.62 bits per heavy atom. The van der Waals surface area contributed by atoms with E-state index in [4.69, 9.17) is 0 Å². The summed E-state index contributed by atoms with van der Waals surface area (Å²) in [6, 6.07) is 41.8. The van der Waals surface area contributed by atoms with E-state index in [2.05, 4.69) is 120 Å². The van der Waals surface area contributed by atoms with Gasteiger partial charge in [-0.2, -0.15) is 0 Å². The predicted octanol–water partition coefficient (Wildman–Crippen LogP) is 8.88. The first-order valence-corrected chi connectivity index (χ1v) is 11.6. The summed E-state index contributed by atoms with van der Waals surface area (Å²) in [5, 5.41) is 2.67. The summed E-state index contributed by atoms with van der Waals surface area (Å²) in [7, 11) is 0. The summed E-state index contributed by atoms with van der Waals surface area (Å²) < 4.78 is 0. The maximum Gasteiger partial charge on any atom is 0.0273 e. The van der Waals surface area contributed by atoms with Crippen molar-refractivity contribution in [1.29, 1.82) is 0 Å². The molecule has 0 fully saturated rings. The molecule has 0 bridgehead atoms. The largest absolute Gasteiger partial charge is 0.265 e.